The lowest BCUT2D eigenvalue weighted by Crippen LogP contribution is -2.21. The molecule has 2 aromatic carbocycles. The number of nitrogens with one attached hydrogen (secondary N) is 1. The number of para-hydroxylation sites is 1. The van der Waals surface area contributed by atoms with Crippen molar-refractivity contribution in [2.45, 2.75) is 20.1 Å². The number of amides is 1. The summed E-state index contributed by atoms with van der Waals surface area (Å²) < 4.78 is 11.9. The summed E-state index contributed by atoms with van der Waals surface area (Å²) in [5.74, 6) is -1.05. The summed E-state index contributed by atoms with van der Waals surface area (Å²) in [6.45, 7) is 1.65. The average molecular weight is 419 g/mol. The maximum Gasteiger partial charge on any atom is 0.340 e. The van der Waals surface area contributed by atoms with Gasteiger partial charge in [0.25, 0.3) is 0 Å². The van der Waals surface area contributed by atoms with Gasteiger partial charge < -0.3 is 14.5 Å². The molecule has 0 radical (unpaired) electrons. The lowest BCUT2D eigenvalue weighted by atomic mass is 10.1. The molecule has 4 aromatic rings. The predicted molar refractivity (Wildman–Crippen MR) is 109 cm³/mol. The van der Waals surface area contributed by atoms with Crippen molar-refractivity contribution in [1.29, 1.82) is 0 Å². The molecule has 0 aliphatic heterocycles. The summed E-state index contributed by atoms with van der Waals surface area (Å²) in [6, 6.07) is 13.2. The highest BCUT2D eigenvalue weighted by atomic mass is 16.5. The number of carbonyl (C=O) groups excluding carboxylic acids is 2. The minimum absolute atomic E-state index is 0.110. The van der Waals surface area contributed by atoms with E-state index in [0.717, 1.165) is 5.56 Å². The first kappa shape index (κ1) is 20.0. The van der Waals surface area contributed by atoms with Crippen molar-refractivity contribution in [3.63, 3.8) is 0 Å². The molecular weight excluding hydrogens is 402 g/mol. The van der Waals surface area contributed by atoms with Gasteiger partial charge in [-0.1, -0.05) is 24.3 Å². The number of hydrogen-bond donors (Lipinski definition) is 1. The number of fused-ring (bicyclic) bond motifs is 1. The maximum atomic E-state index is 12.7. The molecule has 0 bridgehead atoms. The highest BCUT2D eigenvalue weighted by molar-refractivity contribution is 6.01. The number of tetrazole rings is 1. The molecule has 0 aliphatic rings. The van der Waals surface area contributed by atoms with Crippen LogP contribution in [0.2, 0.25) is 0 Å². The van der Waals surface area contributed by atoms with E-state index in [1.54, 1.807) is 24.3 Å². The minimum Gasteiger partial charge on any atom is -0.457 e. The van der Waals surface area contributed by atoms with Gasteiger partial charge in [0.15, 0.2) is 0 Å². The Kier molecular flexibility index (Phi) is 5.52. The van der Waals surface area contributed by atoms with Gasteiger partial charge in [0.2, 0.25) is 5.91 Å². The molecule has 10 nitrogen and oxygen atoms in total. The molecule has 0 unspecified atom stereocenters. The lowest BCUT2D eigenvalue weighted by Gasteiger charge is -2.11. The van der Waals surface area contributed by atoms with Gasteiger partial charge in [-0.2, -0.15) is 0 Å². The van der Waals surface area contributed by atoms with Crippen molar-refractivity contribution in [1.82, 2.24) is 20.2 Å². The molecule has 2 heterocycles. The Morgan fingerprint density at radius 3 is 2.81 bits per heavy atom. The van der Waals surface area contributed by atoms with E-state index in [2.05, 4.69) is 20.8 Å². The van der Waals surface area contributed by atoms with E-state index in [1.807, 2.05) is 19.1 Å². The Morgan fingerprint density at radius 1 is 1.16 bits per heavy atom. The van der Waals surface area contributed by atoms with Crippen LogP contribution in [-0.2, 0) is 22.7 Å². The monoisotopic (exact) mass is 419 g/mol. The first-order valence-corrected chi connectivity index (χ1v) is 9.30. The zero-order valence-corrected chi connectivity index (χ0v) is 16.4. The summed E-state index contributed by atoms with van der Waals surface area (Å²) in [5.41, 5.74) is 1.83. The minimum atomic E-state index is -0.646. The third kappa shape index (κ3) is 4.64. The van der Waals surface area contributed by atoms with Crippen LogP contribution in [0.15, 0.2) is 64.1 Å². The fourth-order valence-corrected chi connectivity index (χ4v) is 3.04. The molecule has 4 rings (SSSR count). The zero-order chi connectivity index (χ0) is 21.8. The Labute approximate surface area is 175 Å². The molecule has 1 amide bonds. The second-order valence-electron chi connectivity index (χ2n) is 6.77. The maximum absolute atomic E-state index is 12.7. The Morgan fingerprint density at radius 2 is 2.00 bits per heavy atom. The Hall–Kier alpha value is -4.34. The predicted octanol–water partition coefficient (Wildman–Crippen LogP) is 2.08. The molecule has 10 heteroatoms. The van der Waals surface area contributed by atoms with Gasteiger partial charge in [-0.25, -0.2) is 14.3 Å². The molecule has 0 saturated carbocycles. The smallest absolute Gasteiger partial charge is 0.340 e. The van der Waals surface area contributed by atoms with Crippen molar-refractivity contribution in [2.75, 3.05) is 5.32 Å². The molecule has 0 saturated heterocycles. The van der Waals surface area contributed by atoms with Crippen molar-refractivity contribution >= 4 is 28.5 Å². The largest absolute Gasteiger partial charge is 0.457 e. The Bertz CT molecular complexity index is 1310. The normalized spacial score (nSPS) is 10.7. The van der Waals surface area contributed by atoms with Crippen LogP contribution in [0.4, 0.5) is 5.69 Å². The van der Waals surface area contributed by atoms with Crippen molar-refractivity contribution in [3.05, 3.63) is 82.0 Å². The van der Waals surface area contributed by atoms with Gasteiger partial charge in [-0.3, -0.25) is 4.79 Å². The number of benzene rings is 2. The van der Waals surface area contributed by atoms with Crippen molar-refractivity contribution in [3.8, 4) is 0 Å². The second kappa shape index (κ2) is 8.57. The number of aryl methyl sites for hydroxylation is 1. The summed E-state index contributed by atoms with van der Waals surface area (Å²) in [5, 5.41) is 13.9. The quantitative estimate of drug-likeness (QED) is 0.371. The van der Waals surface area contributed by atoms with E-state index in [0.29, 0.717) is 22.2 Å². The van der Waals surface area contributed by atoms with Gasteiger partial charge in [-0.05, 0) is 41.1 Å². The SMILES string of the molecule is Cc1ccc2c(COC(=O)c3ccccc3NC(=O)Cn3cnnn3)cc(=O)oc2c1. The number of nitrogens with zero attached hydrogens (tertiary/aromatic N) is 4. The average Bonchev–Trinajstić information content (AvgIpc) is 3.24. The van der Waals surface area contributed by atoms with E-state index in [1.165, 1.54) is 23.1 Å². The summed E-state index contributed by atoms with van der Waals surface area (Å²) in [4.78, 5) is 36.8. The van der Waals surface area contributed by atoms with Crippen LogP contribution in [0.1, 0.15) is 21.5 Å². The molecule has 0 atom stereocenters. The molecule has 31 heavy (non-hydrogen) atoms. The molecule has 0 spiro atoms. The van der Waals surface area contributed by atoms with Crippen molar-refractivity contribution in [2.24, 2.45) is 0 Å². The fraction of sp³-hybridized carbons (Fsp3) is 0.143. The standard InChI is InChI=1S/C21H17N5O5/c1-13-6-7-15-14(9-20(28)31-18(15)8-13)11-30-21(29)16-4-2-3-5-17(16)23-19(27)10-26-12-22-24-25-26/h2-9,12H,10-11H2,1H3,(H,23,27). The van der Waals surface area contributed by atoms with Gasteiger partial charge in [0.05, 0.1) is 11.3 Å². The molecule has 1 N–H and O–H groups in total. The third-order valence-electron chi connectivity index (χ3n) is 4.46. The third-order valence-corrected chi connectivity index (χ3v) is 4.46. The van der Waals surface area contributed by atoms with Gasteiger partial charge in [0.1, 0.15) is 25.1 Å². The van der Waals surface area contributed by atoms with E-state index >= 15 is 0 Å². The number of anilines is 1. The van der Waals surface area contributed by atoms with Gasteiger partial charge in [0, 0.05) is 17.0 Å². The summed E-state index contributed by atoms with van der Waals surface area (Å²) >= 11 is 0. The van der Waals surface area contributed by atoms with E-state index < -0.39 is 17.5 Å². The van der Waals surface area contributed by atoms with Gasteiger partial charge >= 0.3 is 11.6 Å². The van der Waals surface area contributed by atoms with Crippen LogP contribution in [0.25, 0.3) is 11.0 Å². The van der Waals surface area contributed by atoms with E-state index in [4.69, 9.17) is 9.15 Å². The zero-order valence-electron chi connectivity index (χ0n) is 16.4. The molecule has 0 fully saturated rings. The topological polar surface area (TPSA) is 129 Å². The number of hydrogen-bond acceptors (Lipinski definition) is 8. The number of aromatic nitrogens is 4. The van der Waals surface area contributed by atoms with Crippen LogP contribution >= 0.6 is 0 Å². The Balaban J connectivity index is 1.50. The first-order chi connectivity index (χ1) is 15.0. The van der Waals surface area contributed by atoms with Crippen LogP contribution in [0.3, 0.4) is 0 Å². The summed E-state index contributed by atoms with van der Waals surface area (Å²) in [7, 11) is 0. The fourth-order valence-electron chi connectivity index (χ4n) is 3.04. The van der Waals surface area contributed by atoms with Crippen LogP contribution in [0, 0.1) is 6.92 Å². The van der Waals surface area contributed by atoms with Crippen LogP contribution < -0.4 is 10.9 Å². The molecule has 156 valence electrons. The number of esters is 1. The number of rotatable bonds is 6. The molecule has 0 aliphatic carbocycles. The van der Waals surface area contributed by atoms with E-state index in [-0.39, 0.29) is 18.7 Å². The lowest BCUT2D eigenvalue weighted by molar-refractivity contribution is -0.116. The van der Waals surface area contributed by atoms with Crippen molar-refractivity contribution < 1.29 is 18.7 Å². The van der Waals surface area contributed by atoms with Gasteiger partial charge in [-0.15, -0.1) is 5.10 Å². The highest BCUT2D eigenvalue weighted by Gasteiger charge is 2.16. The molecule has 2 aromatic heterocycles. The van der Waals surface area contributed by atoms with E-state index in [9.17, 15) is 14.4 Å². The second-order valence-corrected chi connectivity index (χ2v) is 6.77. The van der Waals surface area contributed by atoms with Crippen LogP contribution in [-0.4, -0.2) is 32.1 Å². The van der Waals surface area contributed by atoms with Crippen LogP contribution in [0.5, 0.6) is 0 Å². The summed E-state index contributed by atoms with van der Waals surface area (Å²) in [6.07, 6.45) is 1.31. The first-order valence-electron chi connectivity index (χ1n) is 9.30. The molecular formula is C21H17N5O5. The highest BCUT2D eigenvalue weighted by Crippen LogP contribution is 2.21. The number of carbonyl (C=O) groups is 2. The number of ether oxygens (including phenoxy) is 1.